The third-order valence-corrected chi connectivity index (χ3v) is 7.88. The Bertz CT molecular complexity index is 1310. The summed E-state index contributed by atoms with van der Waals surface area (Å²) in [5, 5.41) is 7.71. The van der Waals surface area contributed by atoms with Crippen LogP contribution in [0.4, 0.5) is 5.95 Å². The third kappa shape index (κ3) is 5.60. The molecule has 1 aliphatic carbocycles. The largest absolute Gasteiger partial charge is 0.479 e. The quantitative estimate of drug-likeness (QED) is 0.372. The van der Waals surface area contributed by atoms with Crippen molar-refractivity contribution in [3.63, 3.8) is 0 Å². The molecule has 2 atom stereocenters. The van der Waals surface area contributed by atoms with Crippen molar-refractivity contribution in [2.45, 2.75) is 63.4 Å². The van der Waals surface area contributed by atoms with Crippen LogP contribution in [0.5, 0.6) is 11.8 Å². The summed E-state index contributed by atoms with van der Waals surface area (Å²) in [6, 6.07) is 0. The summed E-state index contributed by atoms with van der Waals surface area (Å²) < 4.78 is 48.3. The second-order valence-electron chi connectivity index (χ2n) is 8.80. The Balaban J connectivity index is 1.77. The Kier molecular flexibility index (Phi) is 8.09. The van der Waals surface area contributed by atoms with Gasteiger partial charge in [0, 0.05) is 18.3 Å². The standard InChI is InChI=1S/C22H29ClN8O5S/c1-12(2)36-17(18-24-9-15(23)10-25-18)13(3)37(32,33)30-22-29-28-19(14-7-6-8-14)31(22)16-20(34-4)26-11-27-21(16)35-5/h9-14,17H,6-8H2,1-5H3,(H,29,30). The van der Waals surface area contributed by atoms with Crippen LogP contribution in [-0.4, -0.2) is 68.7 Å². The van der Waals surface area contributed by atoms with E-state index in [1.165, 1.54) is 39.9 Å². The van der Waals surface area contributed by atoms with E-state index in [9.17, 15) is 8.42 Å². The van der Waals surface area contributed by atoms with Crippen LogP contribution in [0.3, 0.4) is 0 Å². The first-order valence-corrected chi connectivity index (χ1v) is 13.6. The fourth-order valence-corrected chi connectivity index (χ4v) is 5.06. The lowest BCUT2D eigenvalue weighted by Crippen LogP contribution is -2.35. The van der Waals surface area contributed by atoms with Gasteiger partial charge in [-0.3, -0.25) is 9.29 Å². The normalized spacial score (nSPS) is 15.8. The summed E-state index contributed by atoms with van der Waals surface area (Å²) in [6.07, 6.45) is 5.60. The smallest absolute Gasteiger partial charge is 0.245 e. The average Bonchev–Trinajstić information content (AvgIpc) is 3.22. The fraction of sp³-hybridized carbons (Fsp3) is 0.545. The number of sulfonamides is 1. The van der Waals surface area contributed by atoms with Crippen molar-refractivity contribution in [3.05, 3.63) is 35.4 Å². The van der Waals surface area contributed by atoms with Crippen molar-refractivity contribution < 1.29 is 22.6 Å². The molecule has 200 valence electrons. The molecule has 0 aromatic carbocycles. The molecule has 2 unspecified atom stereocenters. The number of hydrogen-bond donors (Lipinski definition) is 1. The number of nitrogens with one attached hydrogen (secondary N) is 1. The van der Waals surface area contributed by atoms with Gasteiger partial charge in [-0.15, -0.1) is 10.2 Å². The summed E-state index contributed by atoms with van der Waals surface area (Å²) >= 11 is 5.92. The molecule has 1 fully saturated rings. The van der Waals surface area contributed by atoms with Gasteiger partial charge in [-0.05, 0) is 33.6 Å². The Labute approximate surface area is 220 Å². The molecule has 4 rings (SSSR count). The summed E-state index contributed by atoms with van der Waals surface area (Å²) in [7, 11) is -1.22. The molecule has 37 heavy (non-hydrogen) atoms. The Morgan fingerprint density at radius 2 is 1.65 bits per heavy atom. The average molecular weight is 553 g/mol. The van der Waals surface area contributed by atoms with Crippen LogP contribution in [0.2, 0.25) is 5.02 Å². The van der Waals surface area contributed by atoms with Gasteiger partial charge in [0.25, 0.3) is 0 Å². The van der Waals surface area contributed by atoms with E-state index in [1.807, 2.05) is 0 Å². The molecule has 3 heterocycles. The zero-order chi connectivity index (χ0) is 26.7. The second kappa shape index (κ2) is 11.1. The van der Waals surface area contributed by atoms with Gasteiger partial charge in [-0.1, -0.05) is 18.0 Å². The Morgan fingerprint density at radius 1 is 1.03 bits per heavy atom. The molecular weight excluding hydrogens is 524 g/mol. The van der Waals surface area contributed by atoms with E-state index in [1.54, 1.807) is 18.4 Å². The van der Waals surface area contributed by atoms with Crippen LogP contribution in [0, 0.1) is 0 Å². The molecule has 3 aromatic heterocycles. The topological polar surface area (TPSA) is 156 Å². The molecule has 0 radical (unpaired) electrons. The van der Waals surface area contributed by atoms with E-state index in [4.69, 9.17) is 25.8 Å². The van der Waals surface area contributed by atoms with Gasteiger partial charge in [-0.2, -0.15) is 9.97 Å². The molecule has 13 nitrogen and oxygen atoms in total. The SMILES string of the molecule is COc1ncnc(OC)c1-n1c(NS(=O)(=O)C(C)C(OC(C)C)c2ncc(Cl)cn2)nnc1C1CCC1. The number of ether oxygens (including phenoxy) is 3. The van der Waals surface area contributed by atoms with Gasteiger partial charge in [-0.25, -0.2) is 18.4 Å². The maximum Gasteiger partial charge on any atom is 0.245 e. The maximum absolute atomic E-state index is 13.7. The number of aromatic nitrogens is 7. The molecule has 0 aliphatic heterocycles. The molecule has 0 amide bonds. The Morgan fingerprint density at radius 3 is 2.16 bits per heavy atom. The highest BCUT2D eigenvalue weighted by molar-refractivity contribution is 7.93. The number of halogens is 1. The molecule has 1 N–H and O–H groups in total. The lowest BCUT2D eigenvalue weighted by atomic mass is 9.85. The van der Waals surface area contributed by atoms with Crippen LogP contribution in [0.25, 0.3) is 5.69 Å². The molecule has 0 saturated heterocycles. The number of rotatable bonds is 11. The summed E-state index contributed by atoms with van der Waals surface area (Å²) in [5.41, 5.74) is 0.292. The first-order valence-electron chi connectivity index (χ1n) is 11.7. The van der Waals surface area contributed by atoms with Crippen LogP contribution in [-0.2, 0) is 14.8 Å². The number of nitrogens with zero attached hydrogens (tertiary/aromatic N) is 7. The van der Waals surface area contributed by atoms with E-state index < -0.39 is 21.4 Å². The Hall–Kier alpha value is -3.10. The van der Waals surface area contributed by atoms with Gasteiger partial charge in [0.2, 0.25) is 27.7 Å². The fourth-order valence-electron chi connectivity index (χ4n) is 3.88. The zero-order valence-electron chi connectivity index (χ0n) is 21.1. The highest BCUT2D eigenvalue weighted by Crippen LogP contribution is 2.40. The number of hydrogen-bond acceptors (Lipinski definition) is 11. The third-order valence-electron chi connectivity index (χ3n) is 5.99. The lowest BCUT2D eigenvalue weighted by Gasteiger charge is -2.27. The summed E-state index contributed by atoms with van der Waals surface area (Å²) in [4.78, 5) is 16.7. The van der Waals surface area contributed by atoms with E-state index >= 15 is 0 Å². The van der Waals surface area contributed by atoms with Gasteiger partial charge >= 0.3 is 0 Å². The molecule has 1 saturated carbocycles. The van der Waals surface area contributed by atoms with Gasteiger partial charge in [0.05, 0.1) is 25.3 Å². The maximum atomic E-state index is 13.7. The van der Waals surface area contributed by atoms with Crippen LogP contribution in [0.15, 0.2) is 18.7 Å². The minimum Gasteiger partial charge on any atom is -0.479 e. The predicted octanol–water partition coefficient (Wildman–Crippen LogP) is 3.08. The monoisotopic (exact) mass is 552 g/mol. The zero-order valence-corrected chi connectivity index (χ0v) is 22.7. The minimum absolute atomic E-state index is 0.0551. The van der Waals surface area contributed by atoms with Crippen LogP contribution >= 0.6 is 11.6 Å². The predicted molar refractivity (Wildman–Crippen MR) is 135 cm³/mol. The van der Waals surface area contributed by atoms with Crippen molar-refractivity contribution in [1.29, 1.82) is 0 Å². The minimum atomic E-state index is -4.12. The second-order valence-corrected chi connectivity index (χ2v) is 11.3. The first kappa shape index (κ1) is 26.9. The molecule has 0 bridgehead atoms. The van der Waals surface area contributed by atoms with E-state index in [-0.39, 0.29) is 35.6 Å². The highest BCUT2D eigenvalue weighted by atomic mass is 35.5. The van der Waals surface area contributed by atoms with E-state index in [0.29, 0.717) is 16.5 Å². The molecule has 15 heteroatoms. The van der Waals surface area contributed by atoms with E-state index in [2.05, 4.69) is 34.9 Å². The first-order chi connectivity index (χ1) is 17.7. The summed E-state index contributed by atoms with van der Waals surface area (Å²) in [5.74, 6) is 1.12. The van der Waals surface area contributed by atoms with Gasteiger partial charge in [0.15, 0.2) is 11.5 Å². The van der Waals surface area contributed by atoms with Gasteiger partial charge in [0.1, 0.15) is 23.5 Å². The molecule has 0 spiro atoms. The van der Waals surface area contributed by atoms with Crippen LogP contribution < -0.4 is 14.2 Å². The molecular formula is C22H29ClN8O5S. The van der Waals surface area contributed by atoms with Gasteiger partial charge < -0.3 is 14.2 Å². The molecule has 3 aromatic rings. The van der Waals surface area contributed by atoms with Crippen molar-refractivity contribution in [1.82, 2.24) is 34.7 Å². The lowest BCUT2D eigenvalue weighted by molar-refractivity contribution is 0.00154. The van der Waals surface area contributed by atoms with Crippen molar-refractivity contribution in [2.75, 3.05) is 18.9 Å². The molecule has 1 aliphatic rings. The van der Waals surface area contributed by atoms with Crippen molar-refractivity contribution in [2.24, 2.45) is 0 Å². The van der Waals surface area contributed by atoms with E-state index in [0.717, 1.165) is 19.3 Å². The summed E-state index contributed by atoms with van der Waals surface area (Å²) in [6.45, 7) is 5.10. The number of anilines is 1. The van der Waals surface area contributed by atoms with Crippen molar-refractivity contribution in [3.8, 4) is 17.4 Å². The van der Waals surface area contributed by atoms with Crippen LogP contribution in [0.1, 0.15) is 63.7 Å². The number of methoxy groups -OCH3 is 2. The van der Waals surface area contributed by atoms with Crippen molar-refractivity contribution >= 4 is 27.6 Å². The highest BCUT2D eigenvalue weighted by Gasteiger charge is 2.37.